The van der Waals surface area contributed by atoms with Crippen LogP contribution in [0.2, 0.25) is 0 Å². The maximum absolute atomic E-state index is 10.8. The first kappa shape index (κ1) is 9.71. The molecule has 0 aliphatic heterocycles. The van der Waals surface area contributed by atoms with E-state index in [1.165, 1.54) is 0 Å². The van der Waals surface area contributed by atoms with Crippen LogP contribution in [-0.4, -0.2) is 28.4 Å². The average Bonchev–Trinajstić information content (AvgIpc) is 2.61. The lowest BCUT2D eigenvalue weighted by Crippen LogP contribution is -2.28. The second-order valence-electron chi connectivity index (χ2n) is 3.07. The standard InChI is InChI=1S/C6H12NO4P/c8-6(4-12(9,10)11)7-3-5-1-2-5/h5H,1-4H2,(H,7,8)(H2,9,10,11). The highest BCUT2D eigenvalue weighted by Crippen LogP contribution is 2.33. The van der Waals surface area contributed by atoms with Crippen LogP contribution in [0.25, 0.3) is 0 Å². The second kappa shape index (κ2) is 3.56. The van der Waals surface area contributed by atoms with Crippen LogP contribution in [0, 0.1) is 5.92 Å². The monoisotopic (exact) mass is 193 g/mol. The summed E-state index contributed by atoms with van der Waals surface area (Å²) in [6.07, 6.45) is 1.52. The molecule has 0 spiro atoms. The molecule has 0 aromatic rings. The highest BCUT2D eigenvalue weighted by atomic mass is 31.2. The van der Waals surface area contributed by atoms with Gasteiger partial charge in [0.25, 0.3) is 0 Å². The molecule has 0 radical (unpaired) electrons. The van der Waals surface area contributed by atoms with Crippen molar-refractivity contribution in [3.63, 3.8) is 0 Å². The third-order valence-corrected chi connectivity index (χ3v) is 2.33. The van der Waals surface area contributed by atoms with E-state index in [0.717, 1.165) is 12.8 Å². The molecule has 3 N–H and O–H groups in total. The van der Waals surface area contributed by atoms with E-state index in [2.05, 4.69) is 5.32 Å². The van der Waals surface area contributed by atoms with Gasteiger partial charge in [-0.2, -0.15) is 0 Å². The van der Waals surface area contributed by atoms with Crippen LogP contribution in [0.15, 0.2) is 0 Å². The van der Waals surface area contributed by atoms with Crippen LogP contribution in [0.3, 0.4) is 0 Å². The lowest BCUT2D eigenvalue weighted by atomic mass is 10.4. The predicted molar refractivity (Wildman–Crippen MR) is 42.6 cm³/mol. The summed E-state index contributed by atoms with van der Waals surface area (Å²) in [5, 5.41) is 2.47. The van der Waals surface area contributed by atoms with Gasteiger partial charge in [-0.3, -0.25) is 9.36 Å². The molecule has 1 saturated carbocycles. The summed E-state index contributed by atoms with van der Waals surface area (Å²) in [6, 6.07) is 0. The molecule has 0 atom stereocenters. The third-order valence-electron chi connectivity index (χ3n) is 1.63. The Morgan fingerprint density at radius 1 is 1.50 bits per heavy atom. The quantitative estimate of drug-likeness (QED) is 0.534. The lowest BCUT2D eigenvalue weighted by molar-refractivity contribution is -0.118. The number of nitrogens with one attached hydrogen (secondary N) is 1. The molecule has 1 rings (SSSR count). The normalized spacial score (nSPS) is 17.5. The summed E-state index contributed by atoms with van der Waals surface area (Å²) >= 11 is 0. The van der Waals surface area contributed by atoms with Crippen molar-refractivity contribution >= 4 is 13.5 Å². The van der Waals surface area contributed by atoms with E-state index in [1.54, 1.807) is 0 Å². The molecule has 6 heteroatoms. The summed E-state index contributed by atoms with van der Waals surface area (Å²) in [7, 11) is -4.17. The summed E-state index contributed by atoms with van der Waals surface area (Å²) in [5.41, 5.74) is 0. The fourth-order valence-electron chi connectivity index (χ4n) is 0.823. The second-order valence-corrected chi connectivity index (χ2v) is 4.72. The molecule has 5 nitrogen and oxygen atoms in total. The Morgan fingerprint density at radius 3 is 2.50 bits per heavy atom. The molecule has 1 fully saturated rings. The van der Waals surface area contributed by atoms with E-state index in [1.807, 2.05) is 0 Å². The molecule has 0 saturated heterocycles. The molecule has 0 heterocycles. The van der Waals surface area contributed by atoms with Crippen molar-refractivity contribution in [2.24, 2.45) is 5.92 Å². The van der Waals surface area contributed by atoms with Crippen molar-refractivity contribution in [1.29, 1.82) is 0 Å². The Kier molecular flexibility index (Phi) is 2.88. The summed E-state index contributed by atoms with van der Waals surface area (Å²) in [5.74, 6) is -0.0269. The highest BCUT2D eigenvalue weighted by Gasteiger charge is 2.24. The van der Waals surface area contributed by atoms with Gasteiger partial charge < -0.3 is 15.1 Å². The van der Waals surface area contributed by atoms with Gasteiger partial charge in [-0.1, -0.05) is 0 Å². The number of hydrogen-bond donors (Lipinski definition) is 3. The van der Waals surface area contributed by atoms with Crippen LogP contribution in [-0.2, 0) is 9.36 Å². The minimum absolute atomic E-state index is 0.533. The minimum Gasteiger partial charge on any atom is -0.355 e. The van der Waals surface area contributed by atoms with Crippen molar-refractivity contribution in [3.05, 3.63) is 0 Å². The van der Waals surface area contributed by atoms with Crippen molar-refractivity contribution in [1.82, 2.24) is 5.32 Å². The van der Waals surface area contributed by atoms with Gasteiger partial charge in [0.1, 0.15) is 6.16 Å². The third kappa shape index (κ3) is 4.49. The Bertz CT molecular complexity index is 220. The zero-order valence-electron chi connectivity index (χ0n) is 6.56. The molecule has 12 heavy (non-hydrogen) atoms. The van der Waals surface area contributed by atoms with Crippen LogP contribution in [0.5, 0.6) is 0 Å². The van der Waals surface area contributed by atoms with Crippen molar-refractivity contribution in [3.8, 4) is 0 Å². The Hall–Kier alpha value is -0.380. The molecule has 0 unspecified atom stereocenters. The predicted octanol–water partition coefficient (Wildman–Crippen LogP) is -0.310. The first-order chi connectivity index (χ1) is 5.47. The summed E-state index contributed by atoms with van der Waals surface area (Å²) in [4.78, 5) is 27.6. The van der Waals surface area contributed by atoms with Gasteiger partial charge in [-0.25, -0.2) is 0 Å². The largest absolute Gasteiger partial charge is 0.355 e. The molecule has 1 aliphatic rings. The zero-order chi connectivity index (χ0) is 9.19. The molecule has 1 amide bonds. The molecular formula is C6H12NO4P. The fraction of sp³-hybridized carbons (Fsp3) is 0.833. The maximum atomic E-state index is 10.8. The van der Waals surface area contributed by atoms with Gasteiger partial charge in [0.2, 0.25) is 5.91 Å². The maximum Gasteiger partial charge on any atom is 0.334 e. The van der Waals surface area contributed by atoms with Crippen molar-refractivity contribution < 1.29 is 19.1 Å². The van der Waals surface area contributed by atoms with E-state index in [0.29, 0.717) is 12.5 Å². The molecule has 0 bridgehead atoms. The van der Waals surface area contributed by atoms with Crippen molar-refractivity contribution in [2.45, 2.75) is 12.8 Å². The first-order valence-corrected chi connectivity index (χ1v) is 5.58. The summed E-state index contributed by atoms with van der Waals surface area (Å²) < 4.78 is 10.3. The van der Waals surface area contributed by atoms with E-state index >= 15 is 0 Å². The van der Waals surface area contributed by atoms with E-state index in [-0.39, 0.29) is 0 Å². The Morgan fingerprint density at radius 2 is 2.08 bits per heavy atom. The highest BCUT2D eigenvalue weighted by molar-refractivity contribution is 7.52. The van der Waals surface area contributed by atoms with Gasteiger partial charge in [0.05, 0.1) is 0 Å². The van der Waals surface area contributed by atoms with Crippen molar-refractivity contribution in [2.75, 3.05) is 12.7 Å². The van der Waals surface area contributed by atoms with E-state index < -0.39 is 19.7 Å². The van der Waals surface area contributed by atoms with Crippen LogP contribution >= 0.6 is 7.60 Å². The molecular weight excluding hydrogens is 181 g/mol. The van der Waals surface area contributed by atoms with Gasteiger partial charge in [0.15, 0.2) is 0 Å². The smallest absolute Gasteiger partial charge is 0.334 e. The van der Waals surface area contributed by atoms with Gasteiger partial charge in [-0.15, -0.1) is 0 Å². The van der Waals surface area contributed by atoms with E-state index in [4.69, 9.17) is 9.79 Å². The molecule has 1 aliphatic carbocycles. The molecule has 70 valence electrons. The van der Waals surface area contributed by atoms with E-state index in [9.17, 15) is 9.36 Å². The fourth-order valence-corrected chi connectivity index (χ4v) is 1.31. The van der Waals surface area contributed by atoms with Crippen LogP contribution in [0.1, 0.15) is 12.8 Å². The van der Waals surface area contributed by atoms with Gasteiger partial charge in [-0.05, 0) is 18.8 Å². The molecule has 0 aromatic heterocycles. The number of carbonyl (C=O) groups is 1. The lowest BCUT2D eigenvalue weighted by Gasteiger charge is -2.04. The Balaban J connectivity index is 2.14. The van der Waals surface area contributed by atoms with Gasteiger partial charge >= 0.3 is 7.60 Å². The van der Waals surface area contributed by atoms with Gasteiger partial charge in [0, 0.05) is 6.54 Å². The minimum atomic E-state index is -4.17. The zero-order valence-corrected chi connectivity index (χ0v) is 7.46. The number of rotatable bonds is 4. The summed E-state index contributed by atoms with van der Waals surface area (Å²) in [6.45, 7) is 0.554. The van der Waals surface area contributed by atoms with Crippen LogP contribution in [0.4, 0.5) is 0 Å². The van der Waals surface area contributed by atoms with Crippen LogP contribution < -0.4 is 5.32 Å². The number of amides is 1. The molecule has 0 aromatic carbocycles. The Labute approximate surface area is 70.3 Å². The average molecular weight is 193 g/mol. The first-order valence-electron chi connectivity index (χ1n) is 3.78. The number of carbonyl (C=O) groups excluding carboxylic acids is 1. The topological polar surface area (TPSA) is 86.6 Å². The SMILES string of the molecule is O=C(CP(=O)(O)O)NCC1CC1. The number of hydrogen-bond acceptors (Lipinski definition) is 2.